The Labute approximate surface area is 286 Å². The van der Waals surface area contributed by atoms with E-state index in [-0.39, 0.29) is 5.41 Å². The minimum Gasteiger partial charge on any atom is -0.0622 e. The molecule has 0 bridgehead atoms. The molecule has 49 heavy (non-hydrogen) atoms. The van der Waals surface area contributed by atoms with E-state index >= 15 is 0 Å². The Morgan fingerprint density at radius 1 is 0.306 bits per heavy atom. The van der Waals surface area contributed by atoms with Crippen molar-refractivity contribution in [1.29, 1.82) is 0 Å². The molecule has 0 unspecified atom stereocenters. The molecular formula is C49H34. The van der Waals surface area contributed by atoms with Crippen molar-refractivity contribution in [3.05, 3.63) is 181 Å². The highest BCUT2D eigenvalue weighted by molar-refractivity contribution is 6.20. The predicted octanol–water partition coefficient (Wildman–Crippen LogP) is 13.6. The van der Waals surface area contributed by atoms with Crippen molar-refractivity contribution in [1.82, 2.24) is 0 Å². The molecule has 0 heterocycles. The zero-order chi connectivity index (χ0) is 32.7. The molecule has 0 saturated carbocycles. The summed E-state index contributed by atoms with van der Waals surface area (Å²) < 4.78 is 0. The minimum atomic E-state index is -0.0950. The Balaban J connectivity index is 1.20. The second-order valence-electron chi connectivity index (χ2n) is 14.1. The maximum atomic E-state index is 2.46. The smallest absolute Gasteiger partial charge is 0.0159 e. The molecule has 9 aromatic carbocycles. The molecular weight excluding hydrogens is 589 g/mol. The minimum absolute atomic E-state index is 0.0950. The summed E-state index contributed by atoms with van der Waals surface area (Å²) in [5.41, 5.74) is 12.9. The van der Waals surface area contributed by atoms with Crippen LogP contribution in [-0.2, 0) is 5.41 Å². The van der Waals surface area contributed by atoms with Crippen molar-refractivity contribution in [2.75, 3.05) is 0 Å². The first kappa shape index (κ1) is 28.1. The fraction of sp³-hybridized carbons (Fsp3) is 0.0612. The largest absolute Gasteiger partial charge is 0.0622 e. The number of hydrogen-bond acceptors (Lipinski definition) is 0. The van der Waals surface area contributed by atoms with Crippen LogP contribution in [0.3, 0.4) is 0 Å². The predicted molar refractivity (Wildman–Crippen MR) is 210 cm³/mol. The summed E-state index contributed by atoms with van der Waals surface area (Å²) in [6.07, 6.45) is 0. The van der Waals surface area contributed by atoms with Crippen molar-refractivity contribution in [3.63, 3.8) is 0 Å². The number of hydrogen-bond donors (Lipinski definition) is 0. The van der Waals surface area contributed by atoms with Gasteiger partial charge in [-0.05, 0) is 129 Å². The zero-order valence-electron chi connectivity index (χ0n) is 27.7. The van der Waals surface area contributed by atoms with Gasteiger partial charge in [0.2, 0.25) is 0 Å². The number of rotatable bonds is 3. The van der Waals surface area contributed by atoms with Gasteiger partial charge in [-0.15, -0.1) is 0 Å². The van der Waals surface area contributed by atoms with Gasteiger partial charge in [0.05, 0.1) is 0 Å². The summed E-state index contributed by atoms with van der Waals surface area (Å²) >= 11 is 0. The summed E-state index contributed by atoms with van der Waals surface area (Å²) in [6, 6.07) is 63.3. The summed E-state index contributed by atoms with van der Waals surface area (Å²) in [6.45, 7) is 4.76. The molecule has 0 aromatic heterocycles. The van der Waals surface area contributed by atoms with E-state index in [4.69, 9.17) is 0 Å². The standard InChI is InChI=1S/C49H34/c1-49(2)46-30-36(21-24-41(46)45-26-33-15-6-7-16-34(33)29-47(45)49)39-23-22-37(28-43(39)31-12-4-3-5-13-31)48-40-19-11-9-17-35(40)27-44-38-18-10-8-14-32(38)20-25-42(44)48/h3-30H,1-2H3. The van der Waals surface area contributed by atoms with Crippen LogP contribution in [0.4, 0.5) is 0 Å². The molecule has 10 rings (SSSR count). The van der Waals surface area contributed by atoms with Crippen LogP contribution in [0, 0.1) is 0 Å². The molecule has 0 spiro atoms. The van der Waals surface area contributed by atoms with E-state index < -0.39 is 0 Å². The average Bonchev–Trinajstić information content (AvgIpc) is 3.37. The van der Waals surface area contributed by atoms with Gasteiger partial charge in [0.1, 0.15) is 0 Å². The van der Waals surface area contributed by atoms with E-state index in [1.54, 1.807) is 0 Å². The fourth-order valence-electron chi connectivity index (χ4n) is 8.53. The molecule has 0 aliphatic heterocycles. The van der Waals surface area contributed by atoms with Gasteiger partial charge in [0, 0.05) is 5.41 Å². The fourth-order valence-corrected chi connectivity index (χ4v) is 8.53. The summed E-state index contributed by atoms with van der Waals surface area (Å²) in [4.78, 5) is 0. The van der Waals surface area contributed by atoms with Crippen LogP contribution < -0.4 is 0 Å². The highest BCUT2D eigenvalue weighted by atomic mass is 14.4. The van der Waals surface area contributed by atoms with Gasteiger partial charge >= 0.3 is 0 Å². The molecule has 0 nitrogen and oxygen atoms in total. The Bertz CT molecular complexity index is 2780. The molecule has 1 aliphatic carbocycles. The second kappa shape index (κ2) is 10.5. The number of fused-ring (bicyclic) bond motifs is 8. The first-order valence-corrected chi connectivity index (χ1v) is 17.3. The third-order valence-electron chi connectivity index (χ3n) is 11.0. The van der Waals surface area contributed by atoms with E-state index in [2.05, 4.69) is 184 Å². The van der Waals surface area contributed by atoms with Gasteiger partial charge in [0.15, 0.2) is 0 Å². The third kappa shape index (κ3) is 4.24. The van der Waals surface area contributed by atoms with E-state index in [0.29, 0.717) is 0 Å². The van der Waals surface area contributed by atoms with Crippen LogP contribution in [0.15, 0.2) is 170 Å². The number of benzene rings is 9. The topological polar surface area (TPSA) is 0 Å². The van der Waals surface area contributed by atoms with Gasteiger partial charge in [-0.25, -0.2) is 0 Å². The van der Waals surface area contributed by atoms with Crippen molar-refractivity contribution >= 4 is 43.1 Å². The molecule has 0 saturated heterocycles. The van der Waals surface area contributed by atoms with Crippen molar-refractivity contribution < 1.29 is 0 Å². The summed E-state index contributed by atoms with van der Waals surface area (Å²) in [5.74, 6) is 0. The second-order valence-corrected chi connectivity index (χ2v) is 14.1. The molecule has 0 amide bonds. The van der Waals surface area contributed by atoms with Gasteiger partial charge < -0.3 is 0 Å². The van der Waals surface area contributed by atoms with E-state index in [9.17, 15) is 0 Å². The molecule has 0 radical (unpaired) electrons. The van der Waals surface area contributed by atoms with Crippen molar-refractivity contribution in [2.24, 2.45) is 0 Å². The molecule has 0 fully saturated rings. The van der Waals surface area contributed by atoms with Crippen molar-refractivity contribution in [3.8, 4) is 44.5 Å². The quantitative estimate of drug-likeness (QED) is 0.136. The maximum Gasteiger partial charge on any atom is 0.0159 e. The van der Waals surface area contributed by atoms with Crippen LogP contribution >= 0.6 is 0 Å². The van der Waals surface area contributed by atoms with Gasteiger partial charge in [-0.3, -0.25) is 0 Å². The lowest BCUT2D eigenvalue weighted by Crippen LogP contribution is -2.15. The monoisotopic (exact) mass is 622 g/mol. The lowest BCUT2D eigenvalue weighted by molar-refractivity contribution is 0.661. The molecule has 1 aliphatic rings. The zero-order valence-corrected chi connectivity index (χ0v) is 27.7. The average molecular weight is 623 g/mol. The van der Waals surface area contributed by atoms with E-state index in [1.165, 1.54) is 98.7 Å². The molecule has 0 atom stereocenters. The SMILES string of the molecule is CC1(C)c2cc(-c3ccc(-c4c5ccccc5cc5c4ccc4ccccc45)cc3-c3ccccc3)ccc2-c2cc3ccccc3cc21. The summed E-state index contributed by atoms with van der Waals surface area (Å²) in [5, 5.41) is 10.3. The Hall–Kier alpha value is -5.98. The highest BCUT2D eigenvalue weighted by Crippen LogP contribution is 2.51. The lowest BCUT2D eigenvalue weighted by atomic mass is 9.80. The highest BCUT2D eigenvalue weighted by Gasteiger charge is 2.36. The summed E-state index contributed by atoms with van der Waals surface area (Å²) in [7, 11) is 0. The Kier molecular flexibility index (Phi) is 6.02. The lowest BCUT2D eigenvalue weighted by Gasteiger charge is -2.23. The van der Waals surface area contributed by atoms with Gasteiger partial charge in [-0.1, -0.05) is 153 Å². The van der Waals surface area contributed by atoms with E-state index in [0.717, 1.165) is 0 Å². The molecule has 230 valence electrons. The normalized spacial score (nSPS) is 13.3. The van der Waals surface area contributed by atoms with Crippen LogP contribution in [-0.4, -0.2) is 0 Å². The molecule has 9 aromatic rings. The van der Waals surface area contributed by atoms with E-state index in [1.807, 2.05) is 0 Å². The maximum absolute atomic E-state index is 2.46. The first-order valence-electron chi connectivity index (χ1n) is 17.3. The van der Waals surface area contributed by atoms with Gasteiger partial charge in [0.25, 0.3) is 0 Å². The molecule has 0 N–H and O–H groups in total. The Morgan fingerprint density at radius 2 is 0.939 bits per heavy atom. The van der Waals surface area contributed by atoms with Crippen LogP contribution in [0.5, 0.6) is 0 Å². The third-order valence-corrected chi connectivity index (χ3v) is 11.0. The van der Waals surface area contributed by atoms with Crippen LogP contribution in [0.1, 0.15) is 25.0 Å². The van der Waals surface area contributed by atoms with Gasteiger partial charge in [-0.2, -0.15) is 0 Å². The van der Waals surface area contributed by atoms with Crippen LogP contribution in [0.25, 0.3) is 87.6 Å². The first-order chi connectivity index (χ1) is 24.0. The van der Waals surface area contributed by atoms with Crippen LogP contribution in [0.2, 0.25) is 0 Å². The van der Waals surface area contributed by atoms with Crippen molar-refractivity contribution in [2.45, 2.75) is 19.3 Å². The molecule has 0 heteroatoms. The Morgan fingerprint density at radius 3 is 1.76 bits per heavy atom.